The van der Waals surface area contributed by atoms with Crippen molar-refractivity contribution in [3.05, 3.63) is 46.6 Å². The second-order valence-corrected chi connectivity index (χ2v) is 8.35. The van der Waals surface area contributed by atoms with E-state index in [9.17, 15) is 0 Å². The average molecular weight is 339 g/mol. The fraction of sp³-hybridized carbons (Fsp3) is 0.333. The molecule has 0 spiro atoms. The number of nitrogens with one attached hydrogen (secondary N) is 1. The first-order valence-corrected chi connectivity index (χ1v) is 9.94. The van der Waals surface area contributed by atoms with Crippen LogP contribution in [0.3, 0.4) is 0 Å². The first-order valence-electron chi connectivity index (χ1n) is 8.13. The van der Waals surface area contributed by atoms with Crippen molar-refractivity contribution in [2.24, 2.45) is 0 Å². The van der Waals surface area contributed by atoms with Gasteiger partial charge >= 0.3 is 0 Å². The van der Waals surface area contributed by atoms with E-state index in [1.807, 2.05) is 23.1 Å². The van der Waals surface area contributed by atoms with Crippen LogP contribution in [-0.4, -0.2) is 15.7 Å². The van der Waals surface area contributed by atoms with Gasteiger partial charge in [0, 0.05) is 15.5 Å². The van der Waals surface area contributed by atoms with Crippen LogP contribution in [0.15, 0.2) is 35.5 Å². The zero-order valence-corrected chi connectivity index (χ0v) is 14.3. The van der Waals surface area contributed by atoms with Crippen LogP contribution in [-0.2, 0) is 12.8 Å². The molecule has 1 aromatic carbocycles. The third-order valence-corrected chi connectivity index (χ3v) is 7.09. The predicted molar refractivity (Wildman–Crippen MR) is 97.6 cm³/mol. The highest BCUT2D eigenvalue weighted by Crippen LogP contribution is 2.42. The van der Waals surface area contributed by atoms with Crippen LogP contribution in [0.5, 0.6) is 0 Å². The summed E-state index contributed by atoms with van der Waals surface area (Å²) in [4.78, 5) is 13.2. The number of rotatable bonds is 2. The summed E-state index contributed by atoms with van der Waals surface area (Å²) in [7, 11) is 0. The largest absolute Gasteiger partial charge is 0.363 e. The molecule has 5 heteroatoms. The molecule has 3 nitrogen and oxygen atoms in total. The highest BCUT2D eigenvalue weighted by atomic mass is 32.2. The normalized spacial score (nSPS) is 19.6. The molecule has 2 aliphatic rings. The van der Waals surface area contributed by atoms with Gasteiger partial charge in [-0.3, -0.25) is 0 Å². The Balaban J connectivity index is 1.58. The van der Waals surface area contributed by atoms with Crippen LogP contribution < -0.4 is 5.32 Å². The number of hydrogen-bond acceptors (Lipinski definition) is 5. The zero-order chi connectivity index (χ0) is 15.2. The maximum absolute atomic E-state index is 4.60. The van der Waals surface area contributed by atoms with Gasteiger partial charge in [0.15, 0.2) is 0 Å². The maximum Gasteiger partial charge on any atom is 0.138 e. The number of nitrogens with zero attached hydrogens (tertiary/aromatic N) is 2. The van der Waals surface area contributed by atoms with Gasteiger partial charge in [-0.2, -0.15) is 0 Å². The molecule has 1 aliphatic heterocycles. The van der Waals surface area contributed by atoms with Gasteiger partial charge in [-0.15, -0.1) is 23.1 Å². The van der Waals surface area contributed by atoms with Crippen LogP contribution >= 0.6 is 23.1 Å². The summed E-state index contributed by atoms with van der Waals surface area (Å²) in [6.45, 7) is 0. The lowest BCUT2D eigenvalue weighted by atomic mass is 10.0. The lowest BCUT2D eigenvalue weighted by Gasteiger charge is -2.26. The Bertz CT molecular complexity index is 887. The van der Waals surface area contributed by atoms with Crippen molar-refractivity contribution in [1.82, 2.24) is 9.97 Å². The maximum atomic E-state index is 4.60. The summed E-state index contributed by atoms with van der Waals surface area (Å²) in [6.07, 6.45) is 6.50. The summed E-state index contributed by atoms with van der Waals surface area (Å²) in [5.41, 5.74) is 2.90. The van der Waals surface area contributed by atoms with E-state index in [0.717, 1.165) is 22.8 Å². The Morgan fingerprint density at radius 1 is 1.13 bits per heavy atom. The van der Waals surface area contributed by atoms with E-state index in [-0.39, 0.29) is 0 Å². The summed E-state index contributed by atoms with van der Waals surface area (Å²) in [6, 6.07) is 9.09. The Morgan fingerprint density at radius 2 is 2.09 bits per heavy atom. The number of thioether (sulfide) groups is 1. The van der Waals surface area contributed by atoms with E-state index in [4.69, 9.17) is 0 Å². The third-order valence-electron chi connectivity index (χ3n) is 4.77. The molecular weight excluding hydrogens is 322 g/mol. The molecule has 0 radical (unpaired) electrons. The van der Waals surface area contributed by atoms with Crippen LogP contribution in [0.1, 0.15) is 34.9 Å². The van der Waals surface area contributed by atoms with E-state index in [1.165, 1.54) is 45.5 Å². The smallest absolute Gasteiger partial charge is 0.138 e. The molecule has 116 valence electrons. The van der Waals surface area contributed by atoms with Crippen LogP contribution in [0.2, 0.25) is 0 Å². The second-order valence-electron chi connectivity index (χ2n) is 6.13. The van der Waals surface area contributed by atoms with Crippen molar-refractivity contribution in [3.8, 4) is 0 Å². The average Bonchev–Trinajstić information content (AvgIpc) is 3.16. The standard InChI is InChI=1S/C18H17N3S2/c1-2-6-14-11(4-1)13(8-9-22-14)21-17-16-12-5-3-7-15(12)23-18(16)20-10-19-17/h1-2,4,6,10,13H,3,5,7-9H2,(H,19,20,21). The Hall–Kier alpha value is -1.59. The molecule has 1 N–H and O–H groups in total. The number of anilines is 1. The molecule has 0 bridgehead atoms. The first-order chi connectivity index (χ1) is 11.4. The Morgan fingerprint density at radius 3 is 3.09 bits per heavy atom. The number of hydrogen-bond donors (Lipinski definition) is 1. The Labute approximate surface area is 143 Å². The van der Waals surface area contributed by atoms with Crippen LogP contribution in [0.25, 0.3) is 10.2 Å². The fourth-order valence-electron chi connectivity index (χ4n) is 3.70. The zero-order valence-electron chi connectivity index (χ0n) is 12.7. The molecule has 3 heterocycles. The summed E-state index contributed by atoms with van der Waals surface area (Å²) < 4.78 is 0. The predicted octanol–water partition coefficient (Wildman–Crippen LogP) is 4.83. The SMILES string of the molecule is c1ccc2c(c1)SCCC2Nc1ncnc2sc3c(c12)CCC3. The van der Waals surface area contributed by atoms with Crippen molar-refractivity contribution in [2.45, 2.75) is 36.6 Å². The molecule has 0 amide bonds. The first kappa shape index (κ1) is 13.8. The number of aromatic nitrogens is 2. The molecule has 5 rings (SSSR count). The molecule has 1 unspecified atom stereocenters. The number of benzene rings is 1. The van der Waals surface area contributed by atoms with Crippen molar-refractivity contribution in [3.63, 3.8) is 0 Å². The van der Waals surface area contributed by atoms with Crippen molar-refractivity contribution >= 4 is 39.1 Å². The number of aryl methyl sites for hydroxylation is 2. The highest BCUT2D eigenvalue weighted by molar-refractivity contribution is 7.99. The van der Waals surface area contributed by atoms with Gasteiger partial charge in [0.2, 0.25) is 0 Å². The minimum atomic E-state index is 0.350. The monoisotopic (exact) mass is 339 g/mol. The van der Waals surface area contributed by atoms with Gasteiger partial charge < -0.3 is 5.32 Å². The van der Waals surface area contributed by atoms with E-state index >= 15 is 0 Å². The fourth-order valence-corrected chi connectivity index (χ4v) is 6.05. The highest BCUT2D eigenvalue weighted by Gasteiger charge is 2.24. The van der Waals surface area contributed by atoms with Gasteiger partial charge in [-0.25, -0.2) is 9.97 Å². The van der Waals surface area contributed by atoms with Gasteiger partial charge in [-0.1, -0.05) is 18.2 Å². The van der Waals surface area contributed by atoms with E-state index < -0.39 is 0 Å². The van der Waals surface area contributed by atoms with Gasteiger partial charge in [0.05, 0.1) is 11.4 Å². The van der Waals surface area contributed by atoms with E-state index in [0.29, 0.717) is 6.04 Å². The quantitative estimate of drug-likeness (QED) is 0.726. The third kappa shape index (κ3) is 2.25. The van der Waals surface area contributed by atoms with Crippen molar-refractivity contribution in [2.75, 3.05) is 11.1 Å². The van der Waals surface area contributed by atoms with E-state index in [2.05, 4.69) is 39.6 Å². The lowest BCUT2D eigenvalue weighted by molar-refractivity contribution is 0.725. The summed E-state index contributed by atoms with van der Waals surface area (Å²) in [5, 5.41) is 5.02. The number of thiophene rings is 1. The topological polar surface area (TPSA) is 37.8 Å². The van der Waals surface area contributed by atoms with Crippen LogP contribution in [0.4, 0.5) is 5.82 Å². The molecule has 2 aromatic heterocycles. The number of fused-ring (bicyclic) bond motifs is 4. The van der Waals surface area contributed by atoms with Crippen molar-refractivity contribution in [1.29, 1.82) is 0 Å². The van der Waals surface area contributed by atoms with Gasteiger partial charge in [-0.05, 0) is 42.9 Å². The van der Waals surface area contributed by atoms with Crippen LogP contribution in [0, 0.1) is 0 Å². The molecule has 0 saturated carbocycles. The summed E-state index contributed by atoms with van der Waals surface area (Å²) in [5.74, 6) is 2.19. The van der Waals surface area contributed by atoms with Crippen molar-refractivity contribution < 1.29 is 0 Å². The molecule has 1 atom stereocenters. The van der Waals surface area contributed by atoms with Gasteiger partial charge in [0.25, 0.3) is 0 Å². The molecule has 0 fully saturated rings. The minimum Gasteiger partial charge on any atom is -0.363 e. The molecule has 0 saturated heterocycles. The second kappa shape index (κ2) is 5.49. The summed E-state index contributed by atoms with van der Waals surface area (Å²) >= 11 is 3.81. The lowest BCUT2D eigenvalue weighted by Crippen LogP contribution is -2.17. The molecule has 3 aromatic rings. The van der Waals surface area contributed by atoms with E-state index in [1.54, 1.807) is 6.33 Å². The molecule has 1 aliphatic carbocycles. The molecular formula is C18H17N3S2. The minimum absolute atomic E-state index is 0.350. The molecule has 23 heavy (non-hydrogen) atoms. The van der Waals surface area contributed by atoms with Gasteiger partial charge in [0.1, 0.15) is 17.0 Å². The Kier molecular flexibility index (Phi) is 3.30.